The fraction of sp³-hybridized carbons (Fsp3) is 0.615. The first-order chi connectivity index (χ1) is 9.47. The van der Waals surface area contributed by atoms with E-state index in [-0.39, 0.29) is 4.90 Å². The number of hydrogen-bond donors (Lipinski definition) is 2. The van der Waals surface area contributed by atoms with Gasteiger partial charge in [0, 0.05) is 25.8 Å². The van der Waals surface area contributed by atoms with E-state index < -0.39 is 10.0 Å². The van der Waals surface area contributed by atoms with Gasteiger partial charge < -0.3 is 10.2 Å². The molecule has 1 aliphatic rings. The summed E-state index contributed by atoms with van der Waals surface area (Å²) in [7, 11) is -3.74. The SMILES string of the molecule is CC1CCCN(CCNc2ncccc2S(N)(=O)=O)C1. The van der Waals surface area contributed by atoms with E-state index in [1.165, 1.54) is 18.9 Å². The van der Waals surface area contributed by atoms with Gasteiger partial charge >= 0.3 is 0 Å². The van der Waals surface area contributed by atoms with E-state index in [1.807, 2.05) is 0 Å². The Kier molecular flexibility index (Phi) is 4.95. The van der Waals surface area contributed by atoms with E-state index >= 15 is 0 Å². The summed E-state index contributed by atoms with van der Waals surface area (Å²) in [6, 6.07) is 3.03. The van der Waals surface area contributed by atoms with Gasteiger partial charge in [0.05, 0.1) is 0 Å². The summed E-state index contributed by atoms with van der Waals surface area (Å²) in [5, 5.41) is 8.24. The van der Waals surface area contributed by atoms with Crippen molar-refractivity contribution in [2.75, 3.05) is 31.5 Å². The van der Waals surface area contributed by atoms with Crippen molar-refractivity contribution < 1.29 is 8.42 Å². The zero-order valence-corrected chi connectivity index (χ0v) is 12.6. The molecule has 0 aliphatic carbocycles. The van der Waals surface area contributed by atoms with Crippen LogP contribution in [0.5, 0.6) is 0 Å². The molecule has 20 heavy (non-hydrogen) atoms. The van der Waals surface area contributed by atoms with Gasteiger partial charge in [0.15, 0.2) is 0 Å². The second-order valence-electron chi connectivity index (χ2n) is 5.37. The lowest BCUT2D eigenvalue weighted by atomic mass is 10.0. The summed E-state index contributed by atoms with van der Waals surface area (Å²) >= 11 is 0. The molecule has 1 aromatic heterocycles. The number of anilines is 1. The first-order valence-electron chi connectivity index (χ1n) is 6.91. The molecule has 0 radical (unpaired) electrons. The van der Waals surface area contributed by atoms with Crippen LogP contribution in [0.15, 0.2) is 23.2 Å². The number of nitrogens with zero attached hydrogens (tertiary/aromatic N) is 2. The lowest BCUT2D eigenvalue weighted by molar-refractivity contribution is 0.190. The number of nitrogens with two attached hydrogens (primary N) is 1. The molecule has 2 rings (SSSR count). The second-order valence-corrected chi connectivity index (χ2v) is 6.90. The first-order valence-corrected chi connectivity index (χ1v) is 8.45. The van der Waals surface area contributed by atoms with Crippen molar-refractivity contribution in [3.8, 4) is 0 Å². The lowest BCUT2D eigenvalue weighted by Gasteiger charge is -2.30. The average Bonchev–Trinajstić information content (AvgIpc) is 2.38. The maximum Gasteiger partial charge on any atom is 0.241 e. The average molecular weight is 298 g/mol. The van der Waals surface area contributed by atoms with E-state index in [1.54, 1.807) is 12.3 Å². The van der Waals surface area contributed by atoms with Crippen molar-refractivity contribution in [2.24, 2.45) is 11.1 Å². The minimum atomic E-state index is -3.74. The zero-order chi connectivity index (χ0) is 14.6. The van der Waals surface area contributed by atoms with Crippen molar-refractivity contribution >= 4 is 15.8 Å². The zero-order valence-electron chi connectivity index (χ0n) is 11.7. The predicted octanol–water partition coefficient (Wildman–Crippen LogP) is 0.873. The molecule has 1 fully saturated rings. The third-order valence-corrected chi connectivity index (χ3v) is 4.48. The highest BCUT2D eigenvalue weighted by molar-refractivity contribution is 7.89. The molecule has 0 spiro atoms. The molecule has 1 saturated heterocycles. The van der Waals surface area contributed by atoms with Crippen LogP contribution in [0.25, 0.3) is 0 Å². The Morgan fingerprint density at radius 3 is 3.05 bits per heavy atom. The number of pyridine rings is 1. The summed E-state index contributed by atoms with van der Waals surface area (Å²) in [4.78, 5) is 6.49. The van der Waals surface area contributed by atoms with Gasteiger partial charge in [0.25, 0.3) is 0 Å². The Morgan fingerprint density at radius 2 is 2.35 bits per heavy atom. The van der Waals surface area contributed by atoms with Gasteiger partial charge in [-0.1, -0.05) is 6.92 Å². The molecule has 1 aliphatic heterocycles. The molecule has 0 saturated carbocycles. The van der Waals surface area contributed by atoms with Crippen LogP contribution in [0.3, 0.4) is 0 Å². The van der Waals surface area contributed by atoms with Gasteiger partial charge in [-0.2, -0.15) is 0 Å². The largest absolute Gasteiger partial charge is 0.368 e. The van der Waals surface area contributed by atoms with Crippen LogP contribution in [0.4, 0.5) is 5.82 Å². The number of likely N-dealkylation sites (tertiary alicyclic amines) is 1. The van der Waals surface area contributed by atoms with Crippen molar-refractivity contribution in [3.63, 3.8) is 0 Å². The molecule has 6 nitrogen and oxygen atoms in total. The van der Waals surface area contributed by atoms with Gasteiger partial charge in [0.2, 0.25) is 10.0 Å². The minimum absolute atomic E-state index is 0.0482. The minimum Gasteiger partial charge on any atom is -0.368 e. The number of sulfonamides is 1. The van der Waals surface area contributed by atoms with Crippen molar-refractivity contribution in [2.45, 2.75) is 24.7 Å². The van der Waals surface area contributed by atoms with E-state index in [4.69, 9.17) is 5.14 Å². The predicted molar refractivity (Wildman–Crippen MR) is 78.9 cm³/mol. The lowest BCUT2D eigenvalue weighted by Crippen LogP contribution is -2.37. The summed E-state index contributed by atoms with van der Waals surface area (Å²) in [6.45, 7) is 6.01. The van der Waals surface area contributed by atoms with E-state index in [9.17, 15) is 8.42 Å². The van der Waals surface area contributed by atoms with Gasteiger partial charge in [-0.3, -0.25) is 0 Å². The maximum absolute atomic E-state index is 11.4. The summed E-state index contributed by atoms with van der Waals surface area (Å²) in [5.74, 6) is 1.07. The van der Waals surface area contributed by atoms with E-state index in [2.05, 4.69) is 22.1 Å². The number of hydrogen-bond acceptors (Lipinski definition) is 5. The van der Waals surface area contributed by atoms with Crippen LogP contribution in [0.2, 0.25) is 0 Å². The van der Waals surface area contributed by atoms with Crippen LogP contribution in [-0.2, 0) is 10.0 Å². The molecule has 1 atom stereocenters. The Balaban J connectivity index is 1.91. The quantitative estimate of drug-likeness (QED) is 0.842. The van der Waals surface area contributed by atoms with Crippen LogP contribution >= 0.6 is 0 Å². The summed E-state index contributed by atoms with van der Waals surface area (Å²) < 4.78 is 22.9. The second kappa shape index (κ2) is 6.51. The highest BCUT2D eigenvalue weighted by atomic mass is 32.2. The molecule has 2 heterocycles. The van der Waals surface area contributed by atoms with Crippen molar-refractivity contribution in [1.82, 2.24) is 9.88 Å². The Labute approximate surface area is 120 Å². The number of piperidine rings is 1. The first kappa shape index (κ1) is 15.2. The standard InChI is InChI=1S/C13H22N4O2S/c1-11-4-3-8-17(10-11)9-7-16-13-12(20(14,18)19)5-2-6-15-13/h2,5-6,11H,3-4,7-10H2,1H3,(H,15,16)(H2,14,18,19). The third-order valence-electron chi connectivity index (χ3n) is 3.54. The molecule has 0 amide bonds. The summed E-state index contributed by atoms with van der Waals surface area (Å²) in [6.07, 6.45) is 4.08. The highest BCUT2D eigenvalue weighted by Gasteiger charge is 2.17. The Bertz CT molecular complexity index is 547. The van der Waals surface area contributed by atoms with Gasteiger partial charge in [-0.15, -0.1) is 0 Å². The summed E-state index contributed by atoms with van der Waals surface area (Å²) in [5.41, 5.74) is 0. The van der Waals surface area contributed by atoms with Crippen molar-refractivity contribution in [1.29, 1.82) is 0 Å². The maximum atomic E-state index is 11.4. The fourth-order valence-corrected chi connectivity index (χ4v) is 3.24. The molecular weight excluding hydrogens is 276 g/mol. The van der Waals surface area contributed by atoms with Crippen LogP contribution in [0, 0.1) is 5.92 Å². The third kappa shape index (κ3) is 4.16. The molecule has 7 heteroatoms. The van der Waals surface area contributed by atoms with Gasteiger partial charge in [0.1, 0.15) is 10.7 Å². The monoisotopic (exact) mass is 298 g/mol. The molecule has 1 aromatic rings. The highest BCUT2D eigenvalue weighted by Crippen LogP contribution is 2.17. The van der Waals surface area contributed by atoms with E-state index in [0.29, 0.717) is 12.4 Å². The smallest absolute Gasteiger partial charge is 0.241 e. The normalized spacial score (nSPS) is 20.8. The number of nitrogens with one attached hydrogen (secondary N) is 1. The van der Waals surface area contributed by atoms with Crippen molar-refractivity contribution in [3.05, 3.63) is 18.3 Å². The van der Waals surface area contributed by atoms with Gasteiger partial charge in [-0.25, -0.2) is 18.5 Å². The van der Waals surface area contributed by atoms with Crippen LogP contribution in [-0.4, -0.2) is 44.5 Å². The fourth-order valence-electron chi connectivity index (χ4n) is 2.58. The molecule has 0 aromatic carbocycles. The van der Waals surface area contributed by atoms with Crippen LogP contribution in [0.1, 0.15) is 19.8 Å². The van der Waals surface area contributed by atoms with E-state index in [0.717, 1.165) is 25.6 Å². The molecule has 112 valence electrons. The molecular formula is C13H22N4O2S. The number of aromatic nitrogens is 1. The molecule has 3 N–H and O–H groups in total. The van der Waals surface area contributed by atoms with Gasteiger partial charge in [-0.05, 0) is 37.4 Å². The molecule has 1 unspecified atom stereocenters. The molecule has 0 bridgehead atoms. The Morgan fingerprint density at radius 1 is 1.55 bits per heavy atom. The number of primary sulfonamides is 1. The topological polar surface area (TPSA) is 88.3 Å². The Hall–Kier alpha value is -1.18. The van der Waals surface area contributed by atoms with Crippen LogP contribution < -0.4 is 10.5 Å². The number of rotatable bonds is 5.